The highest BCUT2D eigenvalue weighted by Crippen LogP contribution is 2.09. The van der Waals surface area contributed by atoms with Gasteiger partial charge in [-0.25, -0.2) is 9.07 Å². The van der Waals surface area contributed by atoms with Gasteiger partial charge in [0.1, 0.15) is 11.5 Å². The first-order chi connectivity index (χ1) is 12.1. The zero-order valence-electron chi connectivity index (χ0n) is 14.2. The zero-order chi connectivity index (χ0) is 17.8. The summed E-state index contributed by atoms with van der Waals surface area (Å²) in [5.74, 6) is -0.416. The molecule has 3 rings (SSSR count). The summed E-state index contributed by atoms with van der Waals surface area (Å²) in [4.78, 5) is 12.3. The molecule has 0 saturated heterocycles. The van der Waals surface area contributed by atoms with Crippen molar-refractivity contribution in [3.05, 3.63) is 65.5 Å². The molecular weight excluding hydrogens is 321 g/mol. The summed E-state index contributed by atoms with van der Waals surface area (Å²) in [6.45, 7) is 4.95. The Morgan fingerprint density at radius 3 is 2.68 bits per heavy atom. The van der Waals surface area contributed by atoms with Crippen molar-refractivity contribution >= 4 is 5.91 Å². The van der Waals surface area contributed by atoms with Gasteiger partial charge in [-0.3, -0.25) is 9.48 Å². The lowest BCUT2D eigenvalue weighted by molar-refractivity contribution is 0.0943. The predicted octanol–water partition coefficient (Wildman–Crippen LogP) is 2.51. The number of aromatic nitrogens is 4. The Morgan fingerprint density at radius 1 is 1.20 bits per heavy atom. The van der Waals surface area contributed by atoms with Crippen LogP contribution in [-0.2, 0) is 13.0 Å². The molecule has 1 aromatic carbocycles. The van der Waals surface area contributed by atoms with Gasteiger partial charge in [-0.2, -0.15) is 10.2 Å². The molecule has 0 aliphatic carbocycles. The Kier molecular flexibility index (Phi) is 4.92. The number of rotatable bonds is 6. The number of hydrogen-bond acceptors (Lipinski definition) is 3. The van der Waals surface area contributed by atoms with Crippen molar-refractivity contribution in [1.29, 1.82) is 0 Å². The summed E-state index contributed by atoms with van der Waals surface area (Å²) in [7, 11) is 0. The van der Waals surface area contributed by atoms with Gasteiger partial charge in [-0.05, 0) is 50.2 Å². The Hall–Kier alpha value is -2.96. The molecule has 2 aromatic heterocycles. The summed E-state index contributed by atoms with van der Waals surface area (Å²) >= 11 is 0. The monoisotopic (exact) mass is 341 g/mol. The standard InChI is InChI=1S/C18H20FN5O/c1-3-23-17(12-13(2)21-23)18(25)20-10-8-15-9-11-24(22-15)16-6-4-14(19)5-7-16/h4-7,9,11-12H,3,8,10H2,1-2H3,(H,20,25). The highest BCUT2D eigenvalue weighted by atomic mass is 19.1. The van der Waals surface area contributed by atoms with Crippen LogP contribution in [0.2, 0.25) is 0 Å². The molecule has 130 valence electrons. The average Bonchev–Trinajstić information content (AvgIpc) is 3.22. The molecule has 1 amide bonds. The molecule has 3 aromatic rings. The lowest BCUT2D eigenvalue weighted by atomic mass is 10.3. The molecule has 0 atom stereocenters. The van der Waals surface area contributed by atoms with E-state index in [4.69, 9.17) is 0 Å². The molecule has 0 fully saturated rings. The highest BCUT2D eigenvalue weighted by Gasteiger charge is 2.12. The molecule has 0 aliphatic heterocycles. The lowest BCUT2D eigenvalue weighted by Gasteiger charge is -2.06. The van der Waals surface area contributed by atoms with Crippen molar-refractivity contribution in [1.82, 2.24) is 24.9 Å². The van der Waals surface area contributed by atoms with Gasteiger partial charge < -0.3 is 5.32 Å². The molecule has 0 unspecified atom stereocenters. The molecule has 2 heterocycles. The van der Waals surface area contributed by atoms with Crippen LogP contribution in [0.15, 0.2) is 42.6 Å². The van der Waals surface area contributed by atoms with Crippen molar-refractivity contribution in [3.8, 4) is 5.69 Å². The van der Waals surface area contributed by atoms with Crippen molar-refractivity contribution in [2.45, 2.75) is 26.8 Å². The quantitative estimate of drug-likeness (QED) is 0.749. The normalized spacial score (nSPS) is 10.8. The van der Waals surface area contributed by atoms with Crippen molar-refractivity contribution in [2.75, 3.05) is 6.54 Å². The minimum Gasteiger partial charge on any atom is -0.350 e. The predicted molar refractivity (Wildman–Crippen MR) is 92.2 cm³/mol. The van der Waals surface area contributed by atoms with E-state index in [-0.39, 0.29) is 11.7 Å². The highest BCUT2D eigenvalue weighted by molar-refractivity contribution is 5.92. The molecule has 1 N–H and O–H groups in total. The van der Waals surface area contributed by atoms with Crippen LogP contribution in [0, 0.1) is 12.7 Å². The molecule has 0 spiro atoms. The minimum absolute atomic E-state index is 0.139. The SMILES string of the molecule is CCn1nc(C)cc1C(=O)NCCc1ccn(-c2ccc(F)cc2)n1. The first-order valence-electron chi connectivity index (χ1n) is 8.20. The Morgan fingerprint density at radius 2 is 1.96 bits per heavy atom. The Bertz CT molecular complexity index is 866. The van der Waals surface area contributed by atoms with Crippen LogP contribution in [0.1, 0.15) is 28.8 Å². The lowest BCUT2D eigenvalue weighted by Crippen LogP contribution is -2.28. The number of amides is 1. The van der Waals surface area contributed by atoms with Crippen molar-refractivity contribution in [2.24, 2.45) is 0 Å². The van der Waals surface area contributed by atoms with Crippen LogP contribution < -0.4 is 5.32 Å². The fourth-order valence-electron chi connectivity index (χ4n) is 2.60. The summed E-state index contributed by atoms with van der Waals surface area (Å²) < 4.78 is 16.3. The molecule has 6 nitrogen and oxygen atoms in total. The topological polar surface area (TPSA) is 64.7 Å². The first-order valence-corrected chi connectivity index (χ1v) is 8.20. The third-order valence-corrected chi connectivity index (χ3v) is 3.84. The van der Waals surface area contributed by atoms with E-state index < -0.39 is 0 Å². The minimum atomic E-state index is -0.277. The van der Waals surface area contributed by atoms with Gasteiger partial charge in [-0.1, -0.05) is 0 Å². The van der Waals surface area contributed by atoms with E-state index in [2.05, 4.69) is 15.5 Å². The van der Waals surface area contributed by atoms with Gasteiger partial charge in [0.05, 0.1) is 17.1 Å². The molecular formula is C18H20FN5O. The number of nitrogens with zero attached hydrogens (tertiary/aromatic N) is 4. The summed E-state index contributed by atoms with van der Waals surface area (Å²) in [6.07, 6.45) is 2.43. The smallest absolute Gasteiger partial charge is 0.269 e. The van der Waals surface area contributed by atoms with Gasteiger partial charge in [0, 0.05) is 25.7 Å². The number of benzene rings is 1. The first kappa shape index (κ1) is 16.9. The molecule has 0 radical (unpaired) electrons. The fraction of sp³-hybridized carbons (Fsp3) is 0.278. The number of halogens is 1. The summed E-state index contributed by atoms with van der Waals surface area (Å²) in [5, 5.41) is 11.6. The maximum atomic E-state index is 13.0. The van der Waals surface area contributed by atoms with Gasteiger partial charge >= 0.3 is 0 Å². The molecule has 25 heavy (non-hydrogen) atoms. The third kappa shape index (κ3) is 3.93. The van der Waals surface area contributed by atoms with Crippen molar-refractivity contribution < 1.29 is 9.18 Å². The molecule has 7 heteroatoms. The van der Waals surface area contributed by atoms with E-state index in [0.29, 0.717) is 25.2 Å². The summed E-state index contributed by atoms with van der Waals surface area (Å²) in [6, 6.07) is 9.80. The Labute approximate surface area is 145 Å². The van der Waals surface area contributed by atoms with Crippen LogP contribution in [0.5, 0.6) is 0 Å². The van der Waals surface area contributed by atoms with E-state index in [0.717, 1.165) is 17.1 Å². The second-order valence-corrected chi connectivity index (χ2v) is 5.72. The third-order valence-electron chi connectivity index (χ3n) is 3.84. The Balaban J connectivity index is 1.57. The molecule has 0 bridgehead atoms. The van der Waals surface area contributed by atoms with Crippen LogP contribution in [-0.4, -0.2) is 32.0 Å². The maximum Gasteiger partial charge on any atom is 0.269 e. The fourth-order valence-corrected chi connectivity index (χ4v) is 2.60. The largest absolute Gasteiger partial charge is 0.350 e. The number of carbonyl (C=O) groups is 1. The van der Waals surface area contributed by atoms with Crippen molar-refractivity contribution in [3.63, 3.8) is 0 Å². The maximum absolute atomic E-state index is 13.0. The zero-order valence-corrected chi connectivity index (χ0v) is 14.2. The number of nitrogens with one attached hydrogen (secondary N) is 1. The van der Waals surface area contributed by atoms with Gasteiger partial charge in [0.2, 0.25) is 0 Å². The average molecular weight is 341 g/mol. The van der Waals surface area contributed by atoms with Gasteiger partial charge in [0.25, 0.3) is 5.91 Å². The number of aryl methyl sites for hydroxylation is 2. The number of carbonyl (C=O) groups excluding carboxylic acids is 1. The van der Waals surface area contributed by atoms with E-state index in [1.165, 1.54) is 12.1 Å². The second kappa shape index (κ2) is 7.29. The summed E-state index contributed by atoms with van der Waals surface area (Å²) in [5.41, 5.74) is 3.03. The van der Waals surface area contributed by atoms with Gasteiger partial charge in [0.15, 0.2) is 0 Å². The van der Waals surface area contributed by atoms with E-state index in [9.17, 15) is 9.18 Å². The van der Waals surface area contributed by atoms with Crippen LogP contribution in [0.3, 0.4) is 0 Å². The van der Waals surface area contributed by atoms with Crippen LogP contribution in [0.4, 0.5) is 4.39 Å². The van der Waals surface area contributed by atoms with E-state index in [1.54, 1.807) is 27.6 Å². The molecule has 0 saturated carbocycles. The number of hydrogen-bond donors (Lipinski definition) is 1. The van der Waals surface area contributed by atoms with E-state index >= 15 is 0 Å². The van der Waals surface area contributed by atoms with Gasteiger partial charge in [-0.15, -0.1) is 0 Å². The van der Waals surface area contributed by atoms with E-state index in [1.807, 2.05) is 26.1 Å². The van der Waals surface area contributed by atoms with Crippen LogP contribution >= 0.6 is 0 Å². The second-order valence-electron chi connectivity index (χ2n) is 5.72. The van der Waals surface area contributed by atoms with Crippen LogP contribution in [0.25, 0.3) is 5.69 Å². The molecule has 0 aliphatic rings.